The summed E-state index contributed by atoms with van der Waals surface area (Å²) in [7, 11) is 0. The topological polar surface area (TPSA) is 128 Å². The predicted octanol–water partition coefficient (Wildman–Crippen LogP) is 1.12. The van der Waals surface area contributed by atoms with Crippen LogP contribution >= 0.6 is 0 Å². The standard InChI is InChI=1S/C18H22N8O2/c19-17-20-9-12(10-21-17)14-13-15(11-1-5-27-6-2-11)24-25-16(13)23-18(22-14)26-3-7-28-8-4-26/h9-11H,1-8H2,(H2,19,20,21)(H,22,23,24,25). The lowest BCUT2D eigenvalue weighted by Crippen LogP contribution is -2.37. The Morgan fingerprint density at radius 2 is 1.71 bits per heavy atom. The van der Waals surface area contributed by atoms with Gasteiger partial charge in [-0.1, -0.05) is 0 Å². The molecule has 10 heteroatoms. The summed E-state index contributed by atoms with van der Waals surface area (Å²) < 4.78 is 11.0. The molecule has 5 rings (SSSR count). The summed E-state index contributed by atoms with van der Waals surface area (Å²) in [5.41, 5.74) is 8.97. The van der Waals surface area contributed by atoms with Crippen LogP contribution in [0.4, 0.5) is 11.9 Å². The number of aromatic nitrogens is 6. The molecule has 0 spiro atoms. The fraction of sp³-hybridized carbons (Fsp3) is 0.500. The molecule has 0 saturated carbocycles. The van der Waals surface area contributed by atoms with Crippen LogP contribution in [0.5, 0.6) is 0 Å². The largest absolute Gasteiger partial charge is 0.381 e. The summed E-state index contributed by atoms with van der Waals surface area (Å²) in [5.74, 6) is 1.21. The van der Waals surface area contributed by atoms with Crippen molar-refractivity contribution in [3.8, 4) is 11.3 Å². The highest BCUT2D eigenvalue weighted by Crippen LogP contribution is 2.36. The Kier molecular flexibility index (Phi) is 4.49. The van der Waals surface area contributed by atoms with Crippen molar-refractivity contribution in [1.82, 2.24) is 30.1 Å². The molecule has 0 amide bonds. The van der Waals surface area contributed by atoms with Crippen molar-refractivity contribution in [2.24, 2.45) is 0 Å². The summed E-state index contributed by atoms with van der Waals surface area (Å²) in [5, 5.41) is 8.67. The minimum atomic E-state index is 0.235. The second kappa shape index (κ2) is 7.28. The molecule has 3 aromatic heterocycles. The number of rotatable bonds is 3. The first-order chi connectivity index (χ1) is 13.8. The molecule has 2 aliphatic rings. The van der Waals surface area contributed by atoms with Crippen molar-refractivity contribution in [2.45, 2.75) is 18.8 Å². The third kappa shape index (κ3) is 3.14. The zero-order chi connectivity index (χ0) is 18.9. The first kappa shape index (κ1) is 17.3. The van der Waals surface area contributed by atoms with Crippen LogP contribution in [0, 0.1) is 0 Å². The van der Waals surface area contributed by atoms with Gasteiger partial charge in [0.15, 0.2) is 5.65 Å². The second-order valence-corrected chi connectivity index (χ2v) is 7.02. The molecule has 0 aliphatic carbocycles. The highest BCUT2D eigenvalue weighted by Gasteiger charge is 2.26. The number of morpholine rings is 1. The SMILES string of the molecule is Nc1ncc(-c2nc(N3CCOCC3)nc3[nH]nc(C4CCOCC4)c23)cn1. The number of nitrogen functional groups attached to an aromatic ring is 1. The van der Waals surface area contributed by atoms with E-state index in [-0.39, 0.29) is 5.95 Å². The van der Waals surface area contributed by atoms with Gasteiger partial charge in [0.2, 0.25) is 11.9 Å². The number of nitrogens with two attached hydrogens (primary N) is 1. The molecule has 0 unspecified atom stereocenters. The molecule has 0 radical (unpaired) electrons. The van der Waals surface area contributed by atoms with Gasteiger partial charge in [-0.15, -0.1) is 0 Å². The lowest BCUT2D eigenvalue weighted by atomic mass is 9.93. The molecule has 10 nitrogen and oxygen atoms in total. The summed E-state index contributed by atoms with van der Waals surface area (Å²) in [4.78, 5) is 20.1. The maximum absolute atomic E-state index is 5.68. The fourth-order valence-corrected chi connectivity index (χ4v) is 3.78. The van der Waals surface area contributed by atoms with Crippen molar-refractivity contribution in [1.29, 1.82) is 0 Å². The third-order valence-electron chi connectivity index (χ3n) is 5.28. The first-order valence-electron chi connectivity index (χ1n) is 9.54. The summed E-state index contributed by atoms with van der Waals surface area (Å²) in [6.07, 6.45) is 5.27. The van der Waals surface area contributed by atoms with Crippen molar-refractivity contribution in [3.05, 3.63) is 18.1 Å². The quantitative estimate of drug-likeness (QED) is 0.685. The van der Waals surface area contributed by atoms with Gasteiger partial charge in [-0.25, -0.2) is 15.0 Å². The summed E-state index contributed by atoms with van der Waals surface area (Å²) >= 11 is 0. The van der Waals surface area contributed by atoms with Crippen LogP contribution in [0.3, 0.4) is 0 Å². The van der Waals surface area contributed by atoms with Gasteiger partial charge in [0.25, 0.3) is 0 Å². The van der Waals surface area contributed by atoms with Crippen molar-refractivity contribution >= 4 is 22.9 Å². The molecule has 0 atom stereocenters. The fourth-order valence-electron chi connectivity index (χ4n) is 3.78. The minimum Gasteiger partial charge on any atom is -0.381 e. The van der Waals surface area contributed by atoms with Crippen LogP contribution in [-0.4, -0.2) is 69.7 Å². The lowest BCUT2D eigenvalue weighted by molar-refractivity contribution is 0.0847. The van der Waals surface area contributed by atoms with Crippen LogP contribution in [0.2, 0.25) is 0 Å². The molecule has 3 N–H and O–H groups in total. The van der Waals surface area contributed by atoms with Gasteiger partial charge in [-0.05, 0) is 12.8 Å². The maximum Gasteiger partial charge on any atom is 0.228 e. The van der Waals surface area contributed by atoms with Gasteiger partial charge >= 0.3 is 0 Å². The zero-order valence-corrected chi connectivity index (χ0v) is 15.5. The lowest BCUT2D eigenvalue weighted by Gasteiger charge is -2.27. The Labute approximate surface area is 161 Å². The average Bonchev–Trinajstić information content (AvgIpc) is 3.19. The number of fused-ring (bicyclic) bond motifs is 1. The third-order valence-corrected chi connectivity index (χ3v) is 5.28. The Morgan fingerprint density at radius 1 is 1.00 bits per heavy atom. The molecule has 0 aromatic carbocycles. The molecule has 3 aromatic rings. The van der Waals surface area contributed by atoms with Gasteiger partial charge < -0.3 is 20.1 Å². The van der Waals surface area contributed by atoms with E-state index in [1.54, 1.807) is 12.4 Å². The number of hydrogen-bond donors (Lipinski definition) is 2. The Bertz CT molecular complexity index is 962. The van der Waals surface area contributed by atoms with E-state index in [0.717, 1.165) is 67.1 Å². The molecule has 2 saturated heterocycles. The number of nitrogens with zero attached hydrogens (tertiary/aromatic N) is 6. The van der Waals surface area contributed by atoms with E-state index < -0.39 is 0 Å². The number of ether oxygens (including phenoxy) is 2. The number of anilines is 2. The Hall–Kier alpha value is -2.85. The van der Waals surface area contributed by atoms with Gasteiger partial charge in [0.05, 0.1) is 30.0 Å². The zero-order valence-electron chi connectivity index (χ0n) is 15.5. The average molecular weight is 382 g/mol. The second-order valence-electron chi connectivity index (χ2n) is 7.02. The van der Waals surface area contributed by atoms with E-state index in [1.807, 2.05) is 0 Å². The summed E-state index contributed by atoms with van der Waals surface area (Å²) in [6, 6.07) is 0. The number of H-pyrrole nitrogens is 1. The van der Waals surface area contributed by atoms with Crippen LogP contribution in [0.25, 0.3) is 22.3 Å². The molecule has 0 bridgehead atoms. The normalized spacial score (nSPS) is 18.6. The van der Waals surface area contributed by atoms with E-state index in [1.165, 1.54) is 0 Å². The van der Waals surface area contributed by atoms with Gasteiger partial charge in [-0.3, -0.25) is 5.10 Å². The molecular weight excluding hydrogens is 360 g/mol. The van der Waals surface area contributed by atoms with Crippen LogP contribution in [0.1, 0.15) is 24.5 Å². The smallest absolute Gasteiger partial charge is 0.228 e. The van der Waals surface area contributed by atoms with Crippen LogP contribution in [0.15, 0.2) is 12.4 Å². The number of hydrogen-bond acceptors (Lipinski definition) is 9. The van der Waals surface area contributed by atoms with E-state index >= 15 is 0 Å². The highest BCUT2D eigenvalue weighted by molar-refractivity contribution is 5.93. The van der Waals surface area contributed by atoms with E-state index in [9.17, 15) is 0 Å². The van der Waals surface area contributed by atoms with Gasteiger partial charge in [-0.2, -0.15) is 10.1 Å². The van der Waals surface area contributed by atoms with Crippen molar-refractivity contribution in [3.63, 3.8) is 0 Å². The first-order valence-corrected chi connectivity index (χ1v) is 9.54. The Morgan fingerprint density at radius 3 is 2.46 bits per heavy atom. The van der Waals surface area contributed by atoms with Crippen LogP contribution in [-0.2, 0) is 9.47 Å². The van der Waals surface area contributed by atoms with Crippen molar-refractivity contribution in [2.75, 3.05) is 50.2 Å². The molecule has 146 valence electrons. The number of nitrogens with one attached hydrogen (secondary N) is 1. The molecule has 2 fully saturated rings. The van der Waals surface area contributed by atoms with Crippen molar-refractivity contribution < 1.29 is 9.47 Å². The van der Waals surface area contributed by atoms with Crippen LogP contribution < -0.4 is 10.6 Å². The van der Waals surface area contributed by atoms with Gasteiger partial charge in [0.1, 0.15) is 0 Å². The number of aromatic amines is 1. The maximum atomic E-state index is 5.68. The van der Waals surface area contributed by atoms with E-state index in [0.29, 0.717) is 25.1 Å². The monoisotopic (exact) mass is 382 g/mol. The van der Waals surface area contributed by atoms with Gasteiger partial charge in [0, 0.05) is 50.2 Å². The molecule has 5 heterocycles. The van der Waals surface area contributed by atoms with E-state index in [2.05, 4.69) is 25.1 Å². The highest BCUT2D eigenvalue weighted by atomic mass is 16.5. The summed E-state index contributed by atoms with van der Waals surface area (Å²) in [6.45, 7) is 4.32. The molecule has 28 heavy (non-hydrogen) atoms. The molecule has 2 aliphatic heterocycles. The molecular formula is C18H22N8O2. The predicted molar refractivity (Wildman–Crippen MR) is 103 cm³/mol. The Balaban J connectivity index is 1.66. The van der Waals surface area contributed by atoms with E-state index in [4.69, 9.17) is 25.2 Å². The minimum absolute atomic E-state index is 0.235.